The Labute approximate surface area is 194 Å². The first-order valence-corrected chi connectivity index (χ1v) is 10.5. The predicted octanol–water partition coefficient (Wildman–Crippen LogP) is 4.44. The van der Waals surface area contributed by atoms with E-state index in [0.717, 1.165) is 19.0 Å². The first kappa shape index (κ1) is 23.3. The zero-order chi connectivity index (χ0) is 19.8. The minimum absolute atomic E-state index is 0. The Morgan fingerprint density at radius 2 is 1.76 bits per heavy atom. The van der Waals surface area contributed by atoms with Crippen molar-refractivity contribution in [2.24, 2.45) is 4.99 Å². The molecule has 1 heterocycles. The van der Waals surface area contributed by atoms with Gasteiger partial charge in [-0.15, -0.1) is 35.7 Å². The van der Waals surface area contributed by atoms with Crippen LogP contribution in [0.1, 0.15) is 22.3 Å². The molecule has 0 radical (unpaired) electrons. The molecule has 1 aromatic heterocycles. The average molecular weight is 521 g/mol. The molecule has 0 bridgehead atoms. The van der Waals surface area contributed by atoms with Crippen LogP contribution in [-0.2, 0) is 19.6 Å². The molecule has 2 N–H and O–H groups in total. The minimum Gasteiger partial charge on any atom is -0.352 e. The largest absolute Gasteiger partial charge is 0.352 e. The van der Waals surface area contributed by atoms with Crippen LogP contribution in [0.2, 0.25) is 0 Å². The van der Waals surface area contributed by atoms with E-state index in [1.165, 1.54) is 27.1 Å². The fourth-order valence-electron chi connectivity index (χ4n) is 3.03. The zero-order valence-corrected chi connectivity index (χ0v) is 20.2. The molecule has 3 rings (SSSR count). The van der Waals surface area contributed by atoms with Crippen molar-refractivity contribution in [3.05, 3.63) is 83.2 Å². The number of rotatable bonds is 7. The maximum atomic E-state index is 4.37. The molecular formula is C22H28IN5S. The highest BCUT2D eigenvalue weighted by molar-refractivity contribution is 14.0. The van der Waals surface area contributed by atoms with Gasteiger partial charge in [0.1, 0.15) is 0 Å². The van der Waals surface area contributed by atoms with Gasteiger partial charge in [0.2, 0.25) is 0 Å². The van der Waals surface area contributed by atoms with Gasteiger partial charge in [0.15, 0.2) is 5.96 Å². The molecular weight excluding hydrogens is 493 g/mol. The lowest BCUT2D eigenvalue weighted by Gasteiger charge is -2.15. The van der Waals surface area contributed by atoms with Crippen molar-refractivity contribution in [2.45, 2.75) is 31.5 Å². The Kier molecular flexibility index (Phi) is 9.53. The van der Waals surface area contributed by atoms with Crippen LogP contribution in [0.5, 0.6) is 0 Å². The first-order chi connectivity index (χ1) is 13.7. The second kappa shape index (κ2) is 11.9. The molecule has 0 aliphatic heterocycles. The van der Waals surface area contributed by atoms with Gasteiger partial charge in [-0.3, -0.25) is 9.67 Å². The summed E-state index contributed by atoms with van der Waals surface area (Å²) < 4.78 is 1.94. The van der Waals surface area contributed by atoms with Crippen molar-refractivity contribution >= 4 is 41.7 Å². The minimum atomic E-state index is 0. The van der Waals surface area contributed by atoms with E-state index in [1.807, 2.05) is 16.9 Å². The number of nitrogens with zero attached hydrogens (tertiary/aromatic N) is 3. The number of thioether (sulfide) groups is 1. The Morgan fingerprint density at radius 3 is 2.41 bits per heavy atom. The number of aromatic nitrogens is 2. The Morgan fingerprint density at radius 1 is 1.03 bits per heavy atom. The van der Waals surface area contributed by atoms with Gasteiger partial charge in [-0.25, -0.2) is 0 Å². The number of aryl methyl sites for hydroxylation is 1. The van der Waals surface area contributed by atoms with E-state index in [0.29, 0.717) is 6.54 Å². The van der Waals surface area contributed by atoms with E-state index >= 15 is 0 Å². The lowest BCUT2D eigenvalue weighted by atomic mass is 10.1. The number of aliphatic imine (C=N–C) groups is 1. The summed E-state index contributed by atoms with van der Waals surface area (Å²) in [6, 6.07) is 16.9. The SMILES string of the molecule is CN=C(NCc1ccccc1Cn1cccn1)NCc1ccc(C)cc1SC.I. The molecule has 5 nitrogen and oxygen atoms in total. The van der Waals surface area contributed by atoms with Crippen molar-refractivity contribution in [1.82, 2.24) is 20.4 Å². The van der Waals surface area contributed by atoms with Gasteiger partial charge in [0.05, 0.1) is 6.54 Å². The third-order valence-electron chi connectivity index (χ3n) is 4.57. The van der Waals surface area contributed by atoms with Crippen LogP contribution in [-0.4, -0.2) is 29.0 Å². The van der Waals surface area contributed by atoms with Crippen LogP contribution in [0.15, 0.2) is 70.8 Å². The van der Waals surface area contributed by atoms with Crippen LogP contribution >= 0.6 is 35.7 Å². The van der Waals surface area contributed by atoms with Gasteiger partial charge in [0.25, 0.3) is 0 Å². The van der Waals surface area contributed by atoms with Gasteiger partial charge in [0, 0.05) is 37.4 Å². The maximum Gasteiger partial charge on any atom is 0.191 e. The molecule has 0 aliphatic rings. The van der Waals surface area contributed by atoms with E-state index < -0.39 is 0 Å². The molecule has 0 unspecified atom stereocenters. The summed E-state index contributed by atoms with van der Waals surface area (Å²) in [5.41, 5.74) is 5.04. The lowest BCUT2D eigenvalue weighted by Crippen LogP contribution is -2.36. The molecule has 0 saturated heterocycles. The summed E-state index contributed by atoms with van der Waals surface area (Å²) in [5.74, 6) is 0.793. The molecule has 3 aromatic rings. The van der Waals surface area contributed by atoms with Crippen LogP contribution in [0.25, 0.3) is 0 Å². The molecule has 0 saturated carbocycles. The quantitative estimate of drug-likeness (QED) is 0.209. The van der Waals surface area contributed by atoms with Gasteiger partial charge < -0.3 is 10.6 Å². The molecule has 0 amide bonds. The molecule has 2 aromatic carbocycles. The van der Waals surface area contributed by atoms with Gasteiger partial charge >= 0.3 is 0 Å². The highest BCUT2D eigenvalue weighted by Gasteiger charge is 2.06. The number of benzene rings is 2. The van der Waals surface area contributed by atoms with Crippen molar-refractivity contribution in [3.8, 4) is 0 Å². The molecule has 0 atom stereocenters. The van der Waals surface area contributed by atoms with E-state index in [4.69, 9.17) is 0 Å². The fourth-order valence-corrected chi connectivity index (χ4v) is 3.74. The molecule has 0 aliphatic carbocycles. The van der Waals surface area contributed by atoms with Crippen molar-refractivity contribution in [2.75, 3.05) is 13.3 Å². The number of nitrogens with one attached hydrogen (secondary N) is 2. The highest BCUT2D eigenvalue weighted by Crippen LogP contribution is 2.21. The Bertz CT molecular complexity index is 925. The van der Waals surface area contributed by atoms with Crippen LogP contribution < -0.4 is 10.6 Å². The number of guanidine groups is 1. The fraction of sp³-hybridized carbons (Fsp3) is 0.273. The average Bonchev–Trinajstić information content (AvgIpc) is 3.23. The summed E-state index contributed by atoms with van der Waals surface area (Å²) >= 11 is 1.77. The van der Waals surface area contributed by atoms with Gasteiger partial charge in [-0.05, 0) is 47.6 Å². The number of halogens is 1. The molecule has 154 valence electrons. The van der Waals surface area contributed by atoms with E-state index in [1.54, 1.807) is 25.0 Å². The summed E-state index contributed by atoms with van der Waals surface area (Å²) in [4.78, 5) is 5.67. The molecule has 29 heavy (non-hydrogen) atoms. The smallest absolute Gasteiger partial charge is 0.191 e. The lowest BCUT2D eigenvalue weighted by molar-refractivity contribution is 0.677. The predicted molar refractivity (Wildman–Crippen MR) is 133 cm³/mol. The van der Waals surface area contributed by atoms with Gasteiger partial charge in [-0.1, -0.05) is 36.4 Å². The summed E-state index contributed by atoms with van der Waals surface area (Å²) in [6.07, 6.45) is 5.90. The van der Waals surface area contributed by atoms with Gasteiger partial charge in [-0.2, -0.15) is 5.10 Å². The van der Waals surface area contributed by atoms with E-state index in [9.17, 15) is 0 Å². The third kappa shape index (κ3) is 6.78. The van der Waals surface area contributed by atoms with Crippen molar-refractivity contribution < 1.29 is 0 Å². The summed E-state index contributed by atoms with van der Waals surface area (Å²) in [5, 5.41) is 11.2. The van der Waals surface area contributed by atoms with Crippen LogP contribution in [0.3, 0.4) is 0 Å². The molecule has 7 heteroatoms. The summed E-state index contributed by atoms with van der Waals surface area (Å²) in [7, 11) is 1.80. The van der Waals surface area contributed by atoms with Crippen molar-refractivity contribution in [1.29, 1.82) is 0 Å². The second-order valence-corrected chi connectivity index (χ2v) is 7.42. The third-order valence-corrected chi connectivity index (χ3v) is 5.39. The zero-order valence-electron chi connectivity index (χ0n) is 17.1. The number of hydrogen-bond donors (Lipinski definition) is 2. The number of hydrogen-bond acceptors (Lipinski definition) is 3. The van der Waals surface area contributed by atoms with E-state index in [-0.39, 0.29) is 24.0 Å². The standard InChI is InChI=1S/C22H27N5S.HI/c1-17-9-10-19(21(13-17)28-3)15-25-22(23-2)24-14-18-7-4-5-8-20(18)16-27-12-6-11-26-27;/h4-13H,14-16H2,1-3H3,(H2,23,24,25);1H. The monoisotopic (exact) mass is 521 g/mol. The first-order valence-electron chi connectivity index (χ1n) is 9.32. The Balaban J connectivity index is 0.00000300. The second-order valence-electron chi connectivity index (χ2n) is 6.57. The Hall–Kier alpha value is -2.00. The topological polar surface area (TPSA) is 54.2 Å². The van der Waals surface area contributed by atoms with E-state index in [2.05, 4.69) is 76.4 Å². The van der Waals surface area contributed by atoms with Crippen molar-refractivity contribution in [3.63, 3.8) is 0 Å². The molecule has 0 fully saturated rings. The normalized spacial score (nSPS) is 11.1. The summed E-state index contributed by atoms with van der Waals surface area (Å²) in [6.45, 7) is 4.33. The van der Waals surface area contributed by atoms with Crippen LogP contribution in [0.4, 0.5) is 0 Å². The molecule has 0 spiro atoms. The maximum absolute atomic E-state index is 4.37. The highest BCUT2D eigenvalue weighted by atomic mass is 127. The van der Waals surface area contributed by atoms with Crippen LogP contribution in [0, 0.1) is 6.92 Å².